The maximum absolute atomic E-state index is 12.1. The van der Waals surface area contributed by atoms with Gasteiger partial charge in [-0.05, 0) is 54.3 Å². The largest absolute Gasteiger partial charge is 0.426 e. The van der Waals surface area contributed by atoms with Crippen molar-refractivity contribution >= 4 is 46.6 Å². The van der Waals surface area contributed by atoms with Gasteiger partial charge in [-0.2, -0.15) is 0 Å². The van der Waals surface area contributed by atoms with E-state index in [0.717, 1.165) is 24.6 Å². The molecule has 7 heteroatoms. The van der Waals surface area contributed by atoms with Gasteiger partial charge in [-0.25, -0.2) is 0 Å². The highest BCUT2D eigenvalue weighted by Crippen LogP contribution is 2.31. The van der Waals surface area contributed by atoms with Gasteiger partial charge >= 0.3 is 5.97 Å². The number of carbonyl (C=O) groups excluding carboxylic acids is 3. The lowest BCUT2D eigenvalue weighted by Gasteiger charge is -2.20. The zero-order valence-electron chi connectivity index (χ0n) is 13.5. The van der Waals surface area contributed by atoms with Gasteiger partial charge < -0.3 is 4.74 Å². The molecular formula is C18H18ClNO4S. The molecule has 132 valence electrons. The fourth-order valence-electron chi connectivity index (χ4n) is 3.05. The molecule has 1 saturated heterocycles. The van der Waals surface area contributed by atoms with Gasteiger partial charge in [0.15, 0.2) is 0 Å². The summed E-state index contributed by atoms with van der Waals surface area (Å²) in [4.78, 5) is 35.1. The van der Waals surface area contributed by atoms with Crippen LogP contribution in [0, 0.1) is 5.92 Å². The molecule has 2 amide bonds. The summed E-state index contributed by atoms with van der Waals surface area (Å²) in [7, 11) is 0. The van der Waals surface area contributed by atoms with Crippen molar-refractivity contribution in [3.05, 3.63) is 33.7 Å². The van der Waals surface area contributed by atoms with Crippen LogP contribution in [0.3, 0.4) is 0 Å². The molecule has 0 atom stereocenters. The quantitative estimate of drug-likeness (QED) is 0.472. The van der Waals surface area contributed by atoms with E-state index in [1.165, 1.54) is 19.3 Å². The molecule has 1 aliphatic heterocycles. The molecule has 0 bridgehead atoms. The zero-order valence-corrected chi connectivity index (χ0v) is 15.1. The number of nitrogens with one attached hydrogen (secondary N) is 1. The SMILES string of the molecule is O=C(CC1CCCCC1)Oc1ccc(C=C2SC(=O)NC2=O)c(Cl)c1. The van der Waals surface area contributed by atoms with Crippen molar-refractivity contribution in [3.8, 4) is 5.75 Å². The number of imide groups is 1. The molecule has 1 aliphatic carbocycles. The second-order valence-electron chi connectivity index (χ2n) is 6.22. The third-order valence-corrected chi connectivity index (χ3v) is 5.45. The number of thioether (sulfide) groups is 1. The van der Waals surface area contributed by atoms with Crippen molar-refractivity contribution in [2.75, 3.05) is 0 Å². The maximum Gasteiger partial charge on any atom is 0.311 e. The Balaban J connectivity index is 1.63. The van der Waals surface area contributed by atoms with Crippen molar-refractivity contribution in [2.45, 2.75) is 38.5 Å². The molecule has 0 spiro atoms. The lowest BCUT2D eigenvalue weighted by Crippen LogP contribution is -2.17. The second-order valence-corrected chi connectivity index (χ2v) is 7.64. The minimum Gasteiger partial charge on any atom is -0.426 e. The summed E-state index contributed by atoms with van der Waals surface area (Å²) >= 11 is 7.03. The van der Waals surface area contributed by atoms with E-state index < -0.39 is 11.1 Å². The number of hydrogen-bond donors (Lipinski definition) is 1. The average Bonchev–Trinajstić information content (AvgIpc) is 2.88. The van der Waals surface area contributed by atoms with Crippen molar-refractivity contribution in [2.24, 2.45) is 5.92 Å². The standard InChI is InChI=1S/C18H18ClNO4S/c19-14-10-13(24-16(21)8-11-4-2-1-3-5-11)7-6-12(14)9-15-17(22)20-18(23)25-15/h6-7,9-11H,1-5,8H2,(H,20,22,23). The Bertz CT molecular complexity index is 741. The number of halogens is 1. The number of esters is 1. The van der Waals surface area contributed by atoms with Gasteiger partial charge in [0.05, 0.1) is 9.93 Å². The molecule has 0 aromatic heterocycles. The monoisotopic (exact) mass is 379 g/mol. The van der Waals surface area contributed by atoms with Crippen LogP contribution in [-0.4, -0.2) is 17.1 Å². The fourth-order valence-corrected chi connectivity index (χ4v) is 3.95. The summed E-state index contributed by atoms with van der Waals surface area (Å²) in [6.45, 7) is 0. The third-order valence-electron chi connectivity index (χ3n) is 4.31. The number of hydrogen-bond acceptors (Lipinski definition) is 5. The topological polar surface area (TPSA) is 72.5 Å². The normalized spacial score (nSPS) is 20.0. The second kappa shape index (κ2) is 8.06. The third kappa shape index (κ3) is 4.86. The molecule has 0 unspecified atom stereocenters. The van der Waals surface area contributed by atoms with E-state index in [4.69, 9.17) is 16.3 Å². The molecule has 1 aromatic carbocycles. The van der Waals surface area contributed by atoms with Gasteiger partial charge in [-0.3, -0.25) is 19.7 Å². The van der Waals surface area contributed by atoms with Gasteiger partial charge in [0, 0.05) is 12.5 Å². The summed E-state index contributed by atoms with van der Waals surface area (Å²) in [6, 6.07) is 4.84. The van der Waals surface area contributed by atoms with E-state index in [1.54, 1.807) is 24.3 Å². The van der Waals surface area contributed by atoms with Crippen LogP contribution >= 0.6 is 23.4 Å². The Hall–Kier alpha value is -1.79. The van der Waals surface area contributed by atoms with E-state index in [9.17, 15) is 14.4 Å². The number of amides is 2. The molecule has 2 fully saturated rings. The number of ether oxygens (including phenoxy) is 1. The highest BCUT2D eigenvalue weighted by molar-refractivity contribution is 8.18. The molecule has 0 radical (unpaired) electrons. The highest BCUT2D eigenvalue weighted by atomic mass is 35.5. The van der Waals surface area contributed by atoms with Gasteiger partial charge in [-0.15, -0.1) is 0 Å². The molecular weight excluding hydrogens is 362 g/mol. The fraction of sp³-hybridized carbons (Fsp3) is 0.389. The van der Waals surface area contributed by atoms with Gasteiger partial charge in [0.1, 0.15) is 5.75 Å². The molecule has 1 aromatic rings. The molecule has 25 heavy (non-hydrogen) atoms. The van der Waals surface area contributed by atoms with Crippen LogP contribution < -0.4 is 10.1 Å². The lowest BCUT2D eigenvalue weighted by molar-refractivity contribution is -0.135. The first-order valence-corrected chi connectivity index (χ1v) is 9.46. The minimum absolute atomic E-state index is 0.245. The Labute approximate surface area is 155 Å². The van der Waals surface area contributed by atoms with E-state index in [1.807, 2.05) is 0 Å². The Morgan fingerprint density at radius 1 is 1.28 bits per heavy atom. The Kier molecular flexibility index (Phi) is 5.81. The van der Waals surface area contributed by atoms with Crippen molar-refractivity contribution < 1.29 is 19.1 Å². The summed E-state index contributed by atoms with van der Waals surface area (Å²) in [5.41, 5.74) is 0.584. The minimum atomic E-state index is -0.436. The first kappa shape index (κ1) is 18.0. The van der Waals surface area contributed by atoms with Crippen LogP contribution in [0.2, 0.25) is 5.02 Å². The van der Waals surface area contributed by atoms with Crippen LogP contribution in [0.5, 0.6) is 5.75 Å². The van der Waals surface area contributed by atoms with E-state index in [0.29, 0.717) is 28.7 Å². The number of benzene rings is 1. The molecule has 1 saturated carbocycles. The van der Waals surface area contributed by atoms with Crippen LogP contribution in [-0.2, 0) is 9.59 Å². The molecule has 2 aliphatic rings. The molecule has 1 N–H and O–H groups in total. The number of carbonyl (C=O) groups is 3. The Morgan fingerprint density at radius 2 is 2.04 bits per heavy atom. The molecule has 5 nitrogen and oxygen atoms in total. The summed E-state index contributed by atoms with van der Waals surface area (Å²) < 4.78 is 5.38. The molecule has 3 rings (SSSR count). The average molecular weight is 380 g/mol. The van der Waals surface area contributed by atoms with Crippen molar-refractivity contribution in [3.63, 3.8) is 0 Å². The van der Waals surface area contributed by atoms with E-state index >= 15 is 0 Å². The van der Waals surface area contributed by atoms with Crippen molar-refractivity contribution in [1.29, 1.82) is 0 Å². The predicted octanol–water partition coefficient (Wildman–Crippen LogP) is 4.54. The number of rotatable bonds is 4. The van der Waals surface area contributed by atoms with Gasteiger partial charge in [0.2, 0.25) is 0 Å². The van der Waals surface area contributed by atoms with Crippen LogP contribution in [0.15, 0.2) is 23.1 Å². The maximum atomic E-state index is 12.1. The highest BCUT2D eigenvalue weighted by Gasteiger charge is 2.25. The van der Waals surface area contributed by atoms with Gasteiger partial charge in [-0.1, -0.05) is 30.9 Å². The van der Waals surface area contributed by atoms with Crippen LogP contribution in [0.4, 0.5) is 4.79 Å². The first-order chi connectivity index (χ1) is 12.0. The lowest BCUT2D eigenvalue weighted by atomic mass is 9.87. The van der Waals surface area contributed by atoms with Crippen LogP contribution in [0.1, 0.15) is 44.1 Å². The smallest absolute Gasteiger partial charge is 0.311 e. The molecule has 1 heterocycles. The summed E-state index contributed by atoms with van der Waals surface area (Å²) in [5, 5.41) is 2.14. The first-order valence-electron chi connectivity index (χ1n) is 8.26. The summed E-state index contributed by atoms with van der Waals surface area (Å²) in [6.07, 6.45) is 7.76. The zero-order chi connectivity index (χ0) is 17.8. The van der Waals surface area contributed by atoms with E-state index in [2.05, 4.69) is 5.32 Å². The summed E-state index contributed by atoms with van der Waals surface area (Å²) in [5.74, 6) is 0.114. The van der Waals surface area contributed by atoms with Crippen LogP contribution in [0.25, 0.3) is 6.08 Å². The van der Waals surface area contributed by atoms with E-state index in [-0.39, 0.29) is 10.9 Å². The van der Waals surface area contributed by atoms with Crippen molar-refractivity contribution in [1.82, 2.24) is 5.32 Å². The predicted molar refractivity (Wildman–Crippen MR) is 97.4 cm³/mol. The Morgan fingerprint density at radius 3 is 2.68 bits per heavy atom. The van der Waals surface area contributed by atoms with Gasteiger partial charge in [0.25, 0.3) is 11.1 Å².